The second kappa shape index (κ2) is 8.65. The lowest BCUT2D eigenvalue weighted by Gasteiger charge is -2.16. The van der Waals surface area contributed by atoms with Gasteiger partial charge in [0, 0.05) is 19.8 Å². The van der Waals surface area contributed by atoms with Gasteiger partial charge in [-0.05, 0) is 27.9 Å². The van der Waals surface area contributed by atoms with E-state index in [0.29, 0.717) is 19.8 Å². The molecule has 80 valence electrons. The van der Waals surface area contributed by atoms with Gasteiger partial charge in [-0.15, -0.1) is 0 Å². The second-order valence-corrected chi connectivity index (χ2v) is 4.45. The quantitative estimate of drug-likeness (QED) is 0.538. The molecule has 0 spiro atoms. The maximum atomic E-state index is 5.49. The monoisotopic (exact) mass is 207 g/mol. The average molecular weight is 207 g/mol. The van der Waals surface area contributed by atoms with Gasteiger partial charge in [-0.3, -0.25) is 0 Å². The van der Waals surface area contributed by atoms with E-state index in [9.17, 15) is 0 Å². The molecule has 0 fully saturated rings. The first-order chi connectivity index (χ1) is 6.20. The largest absolute Gasteiger partial charge is 0.484 e. The molecule has 0 heterocycles. The fraction of sp³-hybridized carbons (Fsp3) is 1.00. The minimum atomic E-state index is -1.82. The molecule has 0 aliphatic heterocycles. The Hall–Kier alpha value is 0.0569. The molecule has 0 N–H and O–H groups in total. The number of nitrogens with zero attached hydrogens (tertiary/aromatic N) is 1. The summed E-state index contributed by atoms with van der Waals surface area (Å²) in [5.74, 6) is 0. The zero-order chi connectivity index (χ0) is 10.1. The second-order valence-electron chi connectivity index (χ2n) is 2.87. The molecule has 0 aliphatic rings. The lowest BCUT2D eigenvalue weighted by atomic mass is 10.6. The molecule has 0 aromatic heterocycles. The van der Waals surface area contributed by atoms with Crippen LogP contribution >= 0.6 is 0 Å². The first-order valence-electron chi connectivity index (χ1n) is 4.70. The average Bonchev–Trinajstić information content (AvgIpc) is 2.04. The van der Waals surface area contributed by atoms with E-state index in [0.717, 1.165) is 6.54 Å². The van der Waals surface area contributed by atoms with Crippen molar-refractivity contribution in [1.82, 2.24) is 4.90 Å². The van der Waals surface area contributed by atoms with Crippen molar-refractivity contribution >= 4 is 9.53 Å². The Morgan fingerprint density at radius 1 is 1.00 bits per heavy atom. The highest BCUT2D eigenvalue weighted by Gasteiger charge is 2.12. The Labute approximate surface area is 82.7 Å². The summed E-state index contributed by atoms with van der Waals surface area (Å²) in [4.78, 5) is 2.07. The Balaban J connectivity index is 3.44. The summed E-state index contributed by atoms with van der Waals surface area (Å²) in [6.45, 7) is 6.83. The zero-order valence-electron chi connectivity index (χ0n) is 9.08. The molecule has 13 heavy (non-hydrogen) atoms. The van der Waals surface area contributed by atoms with Crippen molar-refractivity contribution in [3.63, 3.8) is 0 Å². The smallest absolute Gasteiger partial charge is 0.376 e. The van der Waals surface area contributed by atoms with Crippen LogP contribution in [0.5, 0.6) is 0 Å². The normalized spacial score (nSPS) is 11.5. The molecule has 0 rings (SSSR count). The topological polar surface area (TPSA) is 30.9 Å². The van der Waals surface area contributed by atoms with E-state index in [4.69, 9.17) is 13.3 Å². The van der Waals surface area contributed by atoms with Gasteiger partial charge < -0.3 is 18.2 Å². The van der Waals surface area contributed by atoms with E-state index in [2.05, 4.69) is 4.90 Å². The van der Waals surface area contributed by atoms with Crippen LogP contribution < -0.4 is 0 Å². The van der Waals surface area contributed by atoms with Crippen molar-refractivity contribution in [3.05, 3.63) is 0 Å². The van der Waals surface area contributed by atoms with Gasteiger partial charge in [0.2, 0.25) is 0 Å². The summed E-state index contributed by atoms with van der Waals surface area (Å²) >= 11 is 0. The van der Waals surface area contributed by atoms with Gasteiger partial charge >= 0.3 is 9.53 Å². The van der Waals surface area contributed by atoms with E-state index in [1.54, 1.807) is 0 Å². The van der Waals surface area contributed by atoms with Gasteiger partial charge in [-0.1, -0.05) is 0 Å². The first-order valence-corrected chi connectivity index (χ1v) is 6.11. The van der Waals surface area contributed by atoms with Crippen LogP contribution in [0.15, 0.2) is 0 Å². The van der Waals surface area contributed by atoms with E-state index < -0.39 is 9.53 Å². The van der Waals surface area contributed by atoms with Crippen molar-refractivity contribution in [3.8, 4) is 0 Å². The summed E-state index contributed by atoms with van der Waals surface area (Å²) in [6.07, 6.45) is 0. The first kappa shape index (κ1) is 13.1. The van der Waals surface area contributed by atoms with E-state index in [1.807, 2.05) is 27.9 Å². The van der Waals surface area contributed by atoms with E-state index in [-0.39, 0.29) is 0 Å². The van der Waals surface area contributed by atoms with Crippen LogP contribution in [0.1, 0.15) is 13.8 Å². The molecule has 0 aromatic carbocycles. The highest BCUT2D eigenvalue weighted by molar-refractivity contribution is 6.36. The molecule has 0 bridgehead atoms. The van der Waals surface area contributed by atoms with Crippen molar-refractivity contribution in [2.75, 3.05) is 40.5 Å². The van der Waals surface area contributed by atoms with Crippen LogP contribution in [0.2, 0.25) is 0 Å². The third-order valence-electron chi connectivity index (χ3n) is 1.40. The van der Waals surface area contributed by atoms with Gasteiger partial charge in [0.1, 0.15) is 0 Å². The maximum Gasteiger partial charge on any atom is 0.484 e. The minimum Gasteiger partial charge on any atom is -0.376 e. The predicted molar refractivity (Wildman–Crippen MR) is 54.9 cm³/mol. The van der Waals surface area contributed by atoms with Crippen LogP contribution in [-0.2, 0) is 13.3 Å². The molecule has 0 aliphatic carbocycles. The van der Waals surface area contributed by atoms with Crippen molar-refractivity contribution in [2.45, 2.75) is 13.8 Å². The highest BCUT2D eigenvalue weighted by Crippen LogP contribution is 1.92. The number of rotatable bonds is 8. The fourth-order valence-electron chi connectivity index (χ4n) is 0.748. The SMILES string of the molecule is CCO[SiH](OCC)OCCN(C)C. The molecule has 0 atom stereocenters. The van der Waals surface area contributed by atoms with Crippen LogP contribution in [0, 0.1) is 0 Å². The molecule has 0 aromatic rings. The van der Waals surface area contributed by atoms with Crippen LogP contribution in [0.3, 0.4) is 0 Å². The Morgan fingerprint density at radius 2 is 1.54 bits per heavy atom. The minimum absolute atomic E-state index is 0.666. The fourth-order valence-corrected chi connectivity index (χ4v) is 1.88. The number of likely N-dealkylation sites (N-methyl/N-ethyl adjacent to an activating group) is 1. The molecule has 0 amide bonds. The summed E-state index contributed by atoms with van der Waals surface area (Å²) < 4.78 is 16.2. The standard InChI is InChI=1S/C8H21NO3Si/c1-5-10-13(11-6-2)12-8-7-9(3)4/h13H,5-8H2,1-4H3. The van der Waals surface area contributed by atoms with Gasteiger partial charge in [0.15, 0.2) is 0 Å². The number of hydrogen-bond donors (Lipinski definition) is 0. The Kier molecular flexibility index (Phi) is 8.68. The third kappa shape index (κ3) is 8.39. The van der Waals surface area contributed by atoms with E-state index >= 15 is 0 Å². The van der Waals surface area contributed by atoms with Gasteiger partial charge in [-0.2, -0.15) is 0 Å². The summed E-state index contributed by atoms with van der Waals surface area (Å²) in [5.41, 5.74) is 0. The lowest BCUT2D eigenvalue weighted by molar-refractivity contribution is 0.0959. The highest BCUT2D eigenvalue weighted by atomic mass is 28.3. The van der Waals surface area contributed by atoms with Gasteiger partial charge in [0.25, 0.3) is 0 Å². The van der Waals surface area contributed by atoms with Gasteiger partial charge in [-0.25, -0.2) is 0 Å². The van der Waals surface area contributed by atoms with Crippen LogP contribution in [-0.4, -0.2) is 54.9 Å². The lowest BCUT2D eigenvalue weighted by Crippen LogP contribution is -2.30. The maximum absolute atomic E-state index is 5.49. The molecular formula is C8H21NO3Si. The summed E-state index contributed by atoms with van der Waals surface area (Å²) in [5, 5.41) is 0. The Bertz CT molecular complexity index is 108. The van der Waals surface area contributed by atoms with E-state index in [1.165, 1.54) is 0 Å². The molecule has 5 heteroatoms. The van der Waals surface area contributed by atoms with Crippen molar-refractivity contribution in [1.29, 1.82) is 0 Å². The summed E-state index contributed by atoms with van der Waals surface area (Å²) in [6, 6.07) is 0. The molecule has 4 nitrogen and oxygen atoms in total. The molecule has 0 unspecified atom stereocenters. The third-order valence-corrected chi connectivity index (χ3v) is 3.12. The summed E-state index contributed by atoms with van der Waals surface area (Å²) in [7, 11) is 2.21. The molecule has 0 radical (unpaired) electrons. The molecule has 0 saturated heterocycles. The number of hydrogen-bond acceptors (Lipinski definition) is 4. The Morgan fingerprint density at radius 3 is 1.92 bits per heavy atom. The molecular weight excluding hydrogens is 186 g/mol. The zero-order valence-corrected chi connectivity index (χ0v) is 10.2. The van der Waals surface area contributed by atoms with Crippen LogP contribution in [0.4, 0.5) is 0 Å². The van der Waals surface area contributed by atoms with Crippen LogP contribution in [0.25, 0.3) is 0 Å². The van der Waals surface area contributed by atoms with Crippen molar-refractivity contribution < 1.29 is 13.3 Å². The molecule has 0 saturated carbocycles. The van der Waals surface area contributed by atoms with Gasteiger partial charge in [0.05, 0.1) is 6.61 Å². The van der Waals surface area contributed by atoms with Crippen molar-refractivity contribution in [2.24, 2.45) is 0 Å². The predicted octanol–water partition coefficient (Wildman–Crippen LogP) is 0.355.